The number of thioether (sulfide) groups is 1. The predicted molar refractivity (Wildman–Crippen MR) is 95.8 cm³/mol. The Bertz CT molecular complexity index is 786. The normalized spacial score (nSPS) is 11.0. The first-order chi connectivity index (χ1) is 10.7. The van der Waals surface area contributed by atoms with Gasteiger partial charge in [0.1, 0.15) is 16.2 Å². The third-order valence-electron chi connectivity index (χ3n) is 3.18. The number of fused-ring (bicyclic) bond motifs is 1. The second-order valence-corrected chi connectivity index (χ2v) is 7.59. The molecule has 0 aliphatic heterocycles. The van der Waals surface area contributed by atoms with Crippen molar-refractivity contribution in [2.45, 2.75) is 17.9 Å². The molecule has 3 aromatic rings. The van der Waals surface area contributed by atoms with Crippen molar-refractivity contribution in [3.8, 4) is 0 Å². The summed E-state index contributed by atoms with van der Waals surface area (Å²) in [6.07, 6.45) is 3.01. The topological polar surface area (TPSA) is 42.9 Å². The smallest absolute Gasteiger partial charge is 0.162 e. The molecule has 6 heteroatoms. The SMILES string of the molecule is O=C(CCCSc1ncnc2sccc12)c1ccc(Br)cc1. The maximum absolute atomic E-state index is 12.1. The standard InChI is InChI=1S/C16H13BrN2OS2/c17-12-5-3-11(4-6-12)14(20)2-1-8-21-15-13-7-9-22-16(13)19-10-18-15/h3-7,9-10H,1-2,8H2. The first-order valence-electron chi connectivity index (χ1n) is 6.84. The highest BCUT2D eigenvalue weighted by atomic mass is 79.9. The number of hydrogen-bond donors (Lipinski definition) is 0. The van der Waals surface area contributed by atoms with Crippen LogP contribution in [0, 0.1) is 0 Å². The first-order valence-corrected chi connectivity index (χ1v) is 9.49. The Kier molecular flexibility index (Phi) is 5.23. The summed E-state index contributed by atoms with van der Waals surface area (Å²) in [5.41, 5.74) is 0.774. The molecule has 2 aromatic heterocycles. The maximum Gasteiger partial charge on any atom is 0.162 e. The Morgan fingerprint density at radius 3 is 2.82 bits per heavy atom. The molecule has 1 aromatic carbocycles. The van der Waals surface area contributed by atoms with Crippen molar-refractivity contribution in [3.05, 3.63) is 52.1 Å². The van der Waals surface area contributed by atoms with E-state index in [1.807, 2.05) is 29.6 Å². The van der Waals surface area contributed by atoms with Crippen LogP contribution in [0.2, 0.25) is 0 Å². The van der Waals surface area contributed by atoms with Crippen molar-refractivity contribution in [3.63, 3.8) is 0 Å². The number of halogens is 1. The zero-order valence-corrected chi connectivity index (χ0v) is 14.9. The molecule has 0 saturated carbocycles. The van der Waals surface area contributed by atoms with Gasteiger partial charge in [0.15, 0.2) is 5.78 Å². The van der Waals surface area contributed by atoms with Crippen molar-refractivity contribution < 1.29 is 4.79 Å². The Morgan fingerprint density at radius 1 is 1.18 bits per heavy atom. The quantitative estimate of drug-likeness (QED) is 0.250. The van der Waals surface area contributed by atoms with Crippen LogP contribution < -0.4 is 0 Å². The molecule has 0 unspecified atom stereocenters. The number of Topliss-reactive ketones (excluding diaryl/α,β-unsaturated/α-hetero) is 1. The fourth-order valence-corrected chi connectivity index (χ4v) is 4.05. The number of ketones is 1. The van der Waals surface area contributed by atoms with E-state index in [0.29, 0.717) is 6.42 Å². The van der Waals surface area contributed by atoms with Crippen molar-refractivity contribution in [1.82, 2.24) is 9.97 Å². The van der Waals surface area contributed by atoms with Crippen molar-refractivity contribution in [2.75, 3.05) is 5.75 Å². The van der Waals surface area contributed by atoms with E-state index in [1.165, 1.54) is 0 Å². The van der Waals surface area contributed by atoms with E-state index >= 15 is 0 Å². The monoisotopic (exact) mass is 392 g/mol. The fraction of sp³-hybridized carbons (Fsp3) is 0.188. The van der Waals surface area contributed by atoms with Gasteiger partial charge in [-0.2, -0.15) is 0 Å². The number of carbonyl (C=O) groups excluding carboxylic acids is 1. The lowest BCUT2D eigenvalue weighted by molar-refractivity contribution is 0.0982. The summed E-state index contributed by atoms with van der Waals surface area (Å²) in [5.74, 6) is 1.07. The molecule has 3 nitrogen and oxygen atoms in total. The minimum atomic E-state index is 0.191. The molecule has 0 saturated heterocycles. The lowest BCUT2D eigenvalue weighted by atomic mass is 10.1. The Morgan fingerprint density at radius 2 is 2.00 bits per heavy atom. The number of nitrogens with zero attached hydrogens (tertiary/aromatic N) is 2. The van der Waals surface area contributed by atoms with Gasteiger partial charge < -0.3 is 0 Å². The van der Waals surface area contributed by atoms with Gasteiger partial charge in [0.2, 0.25) is 0 Å². The number of rotatable bonds is 6. The molecular weight excluding hydrogens is 380 g/mol. The van der Waals surface area contributed by atoms with E-state index < -0.39 is 0 Å². The van der Waals surface area contributed by atoms with Gasteiger partial charge in [-0.05, 0) is 35.8 Å². The summed E-state index contributed by atoms with van der Waals surface area (Å²) in [6, 6.07) is 9.57. The second-order valence-electron chi connectivity index (χ2n) is 4.70. The van der Waals surface area contributed by atoms with E-state index in [2.05, 4.69) is 32.0 Å². The molecule has 0 amide bonds. The third kappa shape index (κ3) is 3.74. The molecule has 0 aliphatic carbocycles. The molecule has 0 spiro atoms. The zero-order chi connectivity index (χ0) is 15.4. The minimum absolute atomic E-state index is 0.191. The van der Waals surface area contributed by atoms with Crippen LogP contribution in [0.5, 0.6) is 0 Å². The summed E-state index contributed by atoms with van der Waals surface area (Å²) in [5, 5.41) is 4.14. The third-order valence-corrected chi connectivity index (χ3v) is 5.62. The molecule has 0 fully saturated rings. The number of benzene rings is 1. The molecule has 0 aliphatic rings. The van der Waals surface area contributed by atoms with Crippen molar-refractivity contribution in [1.29, 1.82) is 0 Å². The van der Waals surface area contributed by atoms with Crippen LogP contribution in [0.3, 0.4) is 0 Å². The minimum Gasteiger partial charge on any atom is -0.294 e. The van der Waals surface area contributed by atoms with E-state index in [0.717, 1.165) is 37.5 Å². The molecule has 3 rings (SSSR count). The van der Waals surface area contributed by atoms with E-state index in [4.69, 9.17) is 0 Å². The highest BCUT2D eigenvalue weighted by molar-refractivity contribution is 9.10. The number of carbonyl (C=O) groups is 1. The molecule has 0 atom stereocenters. The molecule has 112 valence electrons. The summed E-state index contributed by atoms with van der Waals surface area (Å²) in [4.78, 5) is 21.7. The van der Waals surface area contributed by atoms with Gasteiger partial charge in [-0.3, -0.25) is 4.79 Å². The van der Waals surface area contributed by atoms with Crippen molar-refractivity contribution in [2.24, 2.45) is 0 Å². The van der Waals surface area contributed by atoms with Crippen LogP contribution in [0.4, 0.5) is 0 Å². The summed E-state index contributed by atoms with van der Waals surface area (Å²) >= 11 is 6.69. The lowest BCUT2D eigenvalue weighted by Crippen LogP contribution is -1.99. The maximum atomic E-state index is 12.1. The Hall–Kier alpha value is -1.24. The van der Waals surface area contributed by atoms with Gasteiger partial charge in [0, 0.05) is 21.8 Å². The average molecular weight is 393 g/mol. The van der Waals surface area contributed by atoms with Crippen molar-refractivity contribution >= 4 is 55.0 Å². The van der Waals surface area contributed by atoms with Gasteiger partial charge in [-0.1, -0.05) is 28.1 Å². The summed E-state index contributed by atoms with van der Waals surface area (Å²) < 4.78 is 0.989. The Labute approximate surface area is 145 Å². The predicted octanol–water partition coefficient (Wildman–Crippen LogP) is 5.21. The van der Waals surface area contributed by atoms with Gasteiger partial charge >= 0.3 is 0 Å². The number of aromatic nitrogens is 2. The van der Waals surface area contributed by atoms with Crippen LogP contribution >= 0.6 is 39.0 Å². The molecule has 0 bridgehead atoms. The van der Waals surface area contributed by atoms with Crippen LogP contribution in [-0.2, 0) is 0 Å². The number of hydrogen-bond acceptors (Lipinski definition) is 5. The lowest BCUT2D eigenvalue weighted by Gasteiger charge is -2.03. The van der Waals surface area contributed by atoms with Gasteiger partial charge in [0.05, 0.1) is 0 Å². The fourth-order valence-electron chi connectivity index (χ4n) is 2.06. The zero-order valence-electron chi connectivity index (χ0n) is 11.7. The second kappa shape index (κ2) is 7.35. The van der Waals surface area contributed by atoms with Gasteiger partial charge in [-0.15, -0.1) is 23.1 Å². The summed E-state index contributed by atoms with van der Waals surface area (Å²) in [6.45, 7) is 0. The molecule has 2 heterocycles. The van der Waals surface area contributed by atoms with Crippen LogP contribution in [0.1, 0.15) is 23.2 Å². The largest absolute Gasteiger partial charge is 0.294 e. The number of thiophene rings is 1. The highest BCUT2D eigenvalue weighted by Gasteiger charge is 2.08. The van der Waals surface area contributed by atoms with Gasteiger partial charge in [0.25, 0.3) is 0 Å². The molecule has 0 radical (unpaired) electrons. The van der Waals surface area contributed by atoms with E-state index in [-0.39, 0.29) is 5.78 Å². The first kappa shape index (κ1) is 15.6. The Balaban J connectivity index is 1.52. The molecular formula is C16H13BrN2OS2. The van der Waals surface area contributed by atoms with E-state index in [9.17, 15) is 4.79 Å². The molecule has 0 N–H and O–H groups in total. The van der Waals surface area contributed by atoms with Crippen LogP contribution in [0.15, 0.2) is 51.5 Å². The summed E-state index contributed by atoms with van der Waals surface area (Å²) in [7, 11) is 0. The highest BCUT2D eigenvalue weighted by Crippen LogP contribution is 2.28. The average Bonchev–Trinajstić information content (AvgIpc) is 3.01. The van der Waals surface area contributed by atoms with E-state index in [1.54, 1.807) is 29.4 Å². The van der Waals surface area contributed by atoms with Gasteiger partial charge in [-0.25, -0.2) is 9.97 Å². The van der Waals surface area contributed by atoms with Crippen LogP contribution in [0.25, 0.3) is 10.2 Å². The molecule has 22 heavy (non-hydrogen) atoms. The van der Waals surface area contributed by atoms with Crippen LogP contribution in [-0.4, -0.2) is 21.5 Å².